The van der Waals surface area contributed by atoms with E-state index in [2.05, 4.69) is 10.2 Å². The number of anilines is 1. The molecule has 4 N–H and O–H groups in total. The lowest BCUT2D eigenvalue weighted by Gasteiger charge is -2.12. The molecule has 1 aromatic heterocycles. The molecular formula is C8H15N5OS. The van der Waals surface area contributed by atoms with E-state index in [1.54, 1.807) is 11.5 Å². The molecule has 1 heterocycles. The summed E-state index contributed by atoms with van der Waals surface area (Å²) in [6.07, 6.45) is 0. The fourth-order valence-electron chi connectivity index (χ4n) is 1.07. The molecule has 1 atom stereocenters. The third-order valence-corrected chi connectivity index (χ3v) is 2.97. The molecule has 1 rings (SSSR count). The maximum atomic E-state index is 10.9. The van der Waals surface area contributed by atoms with Crippen LogP contribution in [0.15, 0.2) is 5.16 Å². The van der Waals surface area contributed by atoms with E-state index in [0.717, 1.165) is 0 Å². The molecule has 0 saturated heterocycles. The minimum Gasteiger partial charge on any atom is -0.369 e. The molecule has 0 aliphatic heterocycles. The predicted octanol–water partition coefficient (Wildman–Crippen LogP) is 0.407. The van der Waals surface area contributed by atoms with Crippen molar-refractivity contribution in [1.82, 2.24) is 14.8 Å². The number of nitrogen functional groups attached to an aromatic ring is 1. The molecule has 1 aromatic rings. The molecule has 84 valence electrons. The van der Waals surface area contributed by atoms with Crippen molar-refractivity contribution in [3.05, 3.63) is 0 Å². The topological polar surface area (TPSA) is 99.8 Å². The molecule has 7 heteroatoms. The summed E-state index contributed by atoms with van der Waals surface area (Å²) >= 11 is 1.26. The Morgan fingerprint density at radius 1 is 1.40 bits per heavy atom. The highest BCUT2D eigenvalue weighted by Crippen LogP contribution is 2.25. The van der Waals surface area contributed by atoms with Gasteiger partial charge in [-0.3, -0.25) is 9.36 Å². The van der Waals surface area contributed by atoms with Crippen LogP contribution in [-0.4, -0.2) is 25.9 Å². The normalized spacial score (nSPS) is 13.1. The number of nitrogens with two attached hydrogens (primary N) is 2. The first kappa shape index (κ1) is 11.8. The summed E-state index contributed by atoms with van der Waals surface area (Å²) in [5.41, 5.74) is 10.8. The van der Waals surface area contributed by atoms with Gasteiger partial charge in [0.15, 0.2) is 5.16 Å². The van der Waals surface area contributed by atoms with Crippen molar-refractivity contribution in [2.45, 2.75) is 37.2 Å². The summed E-state index contributed by atoms with van der Waals surface area (Å²) in [4.78, 5) is 10.9. The highest BCUT2D eigenvalue weighted by atomic mass is 32.2. The second-order valence-corrected chi connectivity index (χ2v) is 4.77. The number of carbonyl (C=O) groups is 1. The standard InChI is InChI=1S/C8H15N5OS/c1-4(2)13-7(10)11-12-8(13)15-5(3)6(9)14/h4-5H,1-3H3,(H2,9,14)(H2,10,11). The number of aromatic nitrogens is 3. The minimum atomic E-state index is -0.378. The smallest absolute Gasteiger partial charge is 0.230 e. The Labute approximate surface area is 92.4 Å². The molecule has 0 bridgehead atoms. The average Bonchev–Trinajstić information content (AvgIpc) is 2.46. The van der Waals surface area contributed by atoms with Crippen molar-refractivity contribution in [3.8, 4) is 0 Å². The number of primary amides is 1. The number of hydrogen-bond donors (Lipinski definition) is 2. The average molecular weight is 229 g/mol. The van der Waals surface area contributed by atoms with Crippen LogP contribution in [0.2, 0.25) is 0 Å². The largest absolute Gasteiger partial charge is 0.369 e. The van der Waals surface area contributed by atoms with Gasteiger partial charge in [-0.2, -0.15) is 0 Å². The van der Waals surface area contributed by atoms with E-state index >= 15 is 0 Å². The van der Waals surface area contributed by atoms with Crippen LogP contribution in [0.5, 0.6) is 0 Å². The summed E-state index contributed by atoms with van der Waals surface area (Å²) in [5, 5.41) is 7.95. The van der Waals surface area contributed by atoms with Gasteiger partial charge in [0.2, 0.25) is 11.9 Å². The molecule has 0 spiro atoms. The summed E-state index contributed by atoms with van der Waals surface area (Å²) in [6, 6.07) is 0.155. The number of rotatable bonds is 4. The number of thioether (sulfide) groups is 1. The zero-order valence-electron chi connectivity index (χ0n) is 8.97. The molecule has 0 fully saturated rings. The van der Waals surface area contributed by atoms with Crippen molar-refractivity contribution in [3.63, 3.8) is 0 Å². The maximum Gasteiger partial charge on any atom is 0.230 e. The van der Waals surface area contributed by atoms with Gasteiger partial charge in [-0.1, -0.05) is 11.8 Å². The van der Waals surface area contributed by atoms with Crippen LogP contribution in [0, 0.1) is 0 Å². The Kier molecular flexibility index (Phi) is 3.57. The molecule has 0 aromatic carbocycles. The number of hydrogen-bond acceptors (Lipinski definition) is 5. The monoisotopic (exact) mass is 229 g/mol. The van der Waals surface area contributed by atoms with Gasteiger partial charge in [0.05, 0.1) is 5.25 Å². The Morgan fingerprint density at radius 3 is 2.47 bits per heavy atom. The first-order valence-electron chi connectivity index (χ1n) is 4.59. The van der Waals surface area contributed by atoms with Gasteiger partial charge in [-0.25, -0.2) is 0 Å². The summed E-state index contributed by atoms with van der Waals surface area (Å²) in [7, 11) is 0. The lowest BCUT2D eigenvalue weighted by molar-refractivity contribution is -0.117. The number of carbonyl (C=O) groups excluding carboxylic acids is 1. The third-order valence-electron chi connectivity index (χ3n) is 1.89. The molecule has 15 heavy (non-hydrogen) atoms. The fraction of sp³-hybridized carbons (Fsp3) is 0.625. The highest BCUT2D eigenvalue weighted by molar-refractivity contribution is 8.00. The van der Waals surface area contributed by atoms with Gasteiger partial charge in [0, 0.05) is 6.04 Å². The van der Waals surface area contributed by atoms with E-state index in [0.29, 0.717) is 11.1 Å². The van der Waals surface area contributed by atoms with Crippen LogP contribution < -0.4 is 11.5 Å². The molecule has 0 aliphatic rings. The number of nitrogens with zero attached hydrogens (tertiary/aromatic N) is 3. The van der Waals surface area contributed by atoms with Gasteiger partial charge >= 0.3 is 0 Å². The first-order chi connectivity index (χ1) is 6.93. The molecule has 0 radical (unpaired) electrons. The van der Waals surface area contributed by atoms with Crippen LogP contribution >= 0.6 is 11.8 Å². The first-order valence-corrected chi connectivity index (χ1v) is 5.47. The predicted molar refractivity (Wildman–Crippen MR) is 59.3 cm³/mol. The van der Waals surface area contributed by atoms with Crippen LogP contribution in [0.3, 0.4) is 0 Å². The maximum absolute atomic E-state index is 10.9. The molecule has 1 unspecified atom stereocenters. The van der Waals surface area contributed by atoms with Crippen molar-refractivity contribution in [2.75, 3.05) is 5.73 Å². The Morgan fingerprint density at radius 2 is 2.00 bits per heavy atom. The SMILES string of the molecule is CC(Sc1nnc(N)n1C(C)C)C(N)=O. The summed E-state index contributed by atoms with van der Waals surface area (Å²) < 4.78 is 1.77. The van der Waals surface area contributed by atoms with Crippen LogP contribution in [0.4, 0.5) is 5.95 Å². The van der Waals surface area contributed by atoms with Gasteiger partial charge in [-0.05, 0) is 20.8 Å². The van der Waals surface area contributed by atoms with Crippen molar-refractivity contribution in [1.29, 1.82) is 0 Å². The zero-order chi connectivity index (χ0) is 11.6. The van der Waals surface area contributed by atoms with E-state index < -0.39 is 0 Å². The van der Waals surface area contributed by atoms with Crippen molar-refractivity contribution >= 4 is 23.6 Å². The lowest BCUT2D eigenvalue weighted by atomic mass is 10.4. The highest BCUT2D eigenvalue weighted by Gasteiger charge is 2.18. The number of amides is 1. The fourth-order valence-corrected chi connectivity index (χ4v) is 2.01. The van der Waals surface area contributed by atoms with Gasteiger partial charge in [0.25, 0.3) is 0 Å². The quantitative estimate of drug-likeness (QED) is 0.728. The second kappa shape index (κ2) is 4.52. The van der Waals surface area contributed by atoms with E-state index in [4.69, 9.17) is 11.5 Å². The molecule has 1 amide bonds. The Balaban J connectivity index is 2.90. The van der Waals surface area contributed by atoms with Gasteiger partial charge < -0.3 is 11.5 Å². The third kappa shape index (κ3) is 2.62. The zero-order valence-corrected chi connectivity index (χ0v) is 9.78. The Hall–Kier alpha value is -1.24. The summed E-state index contributed by atoms with van der Waals surface area (Å²) in [5.74, 6) is -0.0268. The summed E-state index contributed by atoms with van der Waals surface area (Å²) in [6.45, 7) is 5.67. The van der Waals surface area contributed by atoms with Gasteiger partial charge in [0.1, 0.15) is 0 Å². The molecule has 0 saturated carbocycles. The molecule has 6 nitrogen and oxygen atoms in total. The van der Waals surface area contributed by atoms with Crippen LogP contribution in [-0.2, 0) is 4.79 Å². The minimum absolute atomic E-state index is 0.155. The van der Waals surface area contributed by atoms with Gasteiger partial charge in [-0.15, -0.1) is 10.2 Å². The van der Waals surface area contributed by atoms with E-state index in [-0.39, 0.29) is 17.2 Å². The van der Waals surface area contributed by atoms with E-state index in [1.165, 1.54) is 11.8 Å². The lowest BCUT2D eigenvalue weighted by Crippen LogP contribution is -2.23. The Bertz CT molecular complexity index is 362. The molecule has 0 aliphatic carbocycles. The second-order valence-electron chi connectivity index (χ2n) is 3.47. The van der Waals surface area contributed by atoms with Crippen molar-refractivity contribution in [2.24, 2.45) is 5.73 Å². The van der Waals surface area contributed by atoms with Crippen LogP contribution in [0.1, 0.15) is 26.8 Å². The van der Waals surface area contributed by atoms with Crippen molar-refractivity contribution < 1.29 is 4.79 Å². The molecular weight excluding hydrogens is 214 g/mol. The van der Waals surface area contributed by atoms with E-state index in [1.807, 2.05) is 13.8 Å². The van der Waals surface area contributed by atoms with Crippen LogP contribution in [0.25, 0.3) is 0 Å². The van der Waals surface area contributed by atoms with E-state index in [9.17, 15) is 4.79 Å².